The summed E-state index contributed by atoms with van der Waals surface area (Å²) in [6.45, 7) is 2.10. The van der Waals surface area contributed by atoms with Crippen molar-refractivity contribution >= 4 is 11.9 Å². The molecule has 0 N–H and O–H groups in total. The highest BCUT2D eigenvalue weighted by atomic mass is 16.4. The molecule has 4 rings (SSSR count). The summed E-state index contributed by atoms with van der Waals surface area (Å²) in [5, 5.41) is 11.8. The fraction of sp³-hybridized carbons (Fsp3) is 0.300. The predicted molar refractivity (Wildman–Crippen MR) is 88.5 cm³/mol. The van der Waals surface area contributed by atoms with Crippen LogP contribution in [-0.2, 0) is 4.79 Å². The number of benzene rings is 2. The number of ketones is 1. The Morgan fingerprint density at radius 1 is 1.08 bits per heavy atom. The summed E-state index contributed by atoms with van der Waals surface area (Å²) < 4.78 is 0. The van der Waals surface area contributed by atoms with E-state index >= 15 is 0 Å². The van der Waals surface area contributed by atoms with E-state index in [1.165, 1.54) is 4.90 Å². The molecule has 1 fully saturated rings. The molecule has 1 aliphatic heterocycles. The second kappa shape index (κ2) is 5.20. The average Bonchev–Trinajstić information content (AvgIpc) is 2.92. The lowest BCUT2D eigenvalue weighted by molar-refractivity contribution is -0.272. The zero-order chi connectivity index (χ0) is 16.9. The molecule has 0 saturated carbocycles. The van der Waals surface area contributed by atoms with Crippen molar-refractivity contribution in [2.24, 2.45) is 0 Å². The first-order valence-corrected chi connectivity index (χ1v) is 8.25. The van der Waals surface area contributed by atoms with E-state index in [1.54, 1.807) is 6.92 Å². The number of Topliss-reactive ketones (excluding diaryl/α,β-unsaturated/α-hetero) is 1. The fourth-order valence-corrected chi connectivity index (χ4v) is 4.39. The molecule has 2 aliphatic rings. The molecule has 1 unspecified atom stereocenters. The molecule has 2 aromatic rings. The standard InChI is InChI=1S/C20H19NO3/c1-20(17(22)11-6-12-21(20)19(23)24)18-15-9-4-2-7-13(15)14-8-3-5-10-16(14)18/h2-5,7-10,18H,6,11-12H2,1H3,(H,23,24)/p-1. The Morgan fingerprint density at radius 3 is 2.17 bits per heavy atom. The third-order valence-electron chi connectivity index (χ3n) is 5.53. The minimum absolute atomic E-state index is 0.0329. The highest BCUT2D eigenvalue weighted by Crippen LogP contribution is 2.52. The number of hydrogen-bond acceptors (Lipinski definition) is 3. The van der Waals surface area contributed by atoms with Crippen LogP contribution in [0.15, 0.2) is 48.5 Å². The van der Waals surface area contributed by atoms with E-state index in [0.29, 0.717) is 19.4 Å². The topological polar surface area (TPSA) is 60.4 Å². The van der Waals surface area contributed by atoms with E-state index in [2.05, 4.69) is 0 Å². The molecule has 0 spiro atoms. The summed E-state index contributed by atoms with van der Waals surface area (Å²) in [5.74, 6) is -0.329. The normalized spacial score (nSPS) is 23.0. The molecule has 1 aliphatic carbocycles. The van der Waals surface area contributed by atoms with Crippen molar-refractivity contribution in [3.8, 4) is 11.1 Å². The number of fused-ring (bicyclic) bond motifs is 3. The van der Waals surface area contributed by atoms with Gasteiger partial charge in [0, 0.05) is 18.9 Å². The molecular weight excluding hydrogens is 302 g/mol. The molecule has 0 bridgehead atoms. The third-order valence-corrected chi connectivity index (χ3v) is 5.53. The number of amides is 1. The van der Waals surface area contributed by atoms with Gasteiger partial charge in [-0.05, 0) is 35.6 Å². The highest BCUT2D eigenvalue weighted by Gasteiger charge is 2.51. The molecule has 1 saturated heterocycles. The van der Waals surface area contributed by atoms with E-state index in [1.807, 2.05) is 48.5 Å². The van der Waals surface area contributed by atoms with Gasteiger partial charge >= 0.3 is 0 Å². The van der Waals surface area contributed by atoms with Crippen molar-refractivity contribution in [3.05, 3.63) is 59.7 Å². The van der Waals surface area contributed by atoms with E-state index in [-0.39, 0.29) is 11.7 Å². The van der Waals surface area contributed by atoms with Crippen LogP contribution in [0.4, 0.5) is 4.79 Å². The summed E-state index contributed by atoms with van der Waals surface area (Å²) >= 11 is 0. The van der Waals surface area contributed by atoms with Gasteiger partial charge in [0.05, 0.1) is 0 Å². The number of carbonyl (C=O) groups excluding carboxylic acids is 2. The van der Waals surface area contributed by atoms with Gasteiger partial charge in [-0.2, -0.15) is 0 Å². The van der Waals surface area contributed by atoms with Crippen molar-refractivity contribution < 1.29 is 14.7 Å². The molecular formula is C20H18NO3-. The van der Waals surface area contributed by atoms with E-state index in [9.17, 15) is 14.7 Å². The summed E-state index contributed by atoms with van der Waals surface area (Å²) in [6.07, 6.45) is -0.313. The van der Waals surface area contributed by atoms with Crippen LogP contribution in [0.2, 0.25) is 0 Å². The van der Waals surface area contributed by atoms with Gasteiger partial charge < -0.3 is 14.8 Å². The van der Waals surface area contributed by atoms with Crippen molar-refractivity contribution in [2.75, 3.05) is 6.54 Å². The van der Waals surface area contributed by atoms with Crippen LogP contribution < -0.4 is 5.11 Å². The molecule has 2 aromatic carbocycles. The van der Waals surface area contributed by atoms with Gasteiger partial charge in [0.2, 0.25) is 0 Å². The molecule has 122 valence electrons. The smallest absolute Gasteiger partial charge is 0.159 e. The monoisotopic (exact) mass is 320 g/mol. The minimum atomic E-state index is -1.27. The summed E-state index contributed by atoms with van der Waals surface area (Å²) in [7, 11) is 0. The van der Waals surface area contributed by atoms with E-state index in [4.69, 9.17) is 0 Å². The van der Waals surface area contributed by atoms with E-state index < -0.39 is 11.6 Å². The number of hydrogen-bond donors (Lipinski definition) is 0. The fourth-order valence-electron chi connectivity index (χ4n) is 4.39. The van der Waals surface area contributed by atoms with Gasteiger partial charge in [0.15, 0.2) is 5.78 Å². The molecule has 4 heteroatoms. The molecule has 4 nitrogen and oxygen atoms in total. The lowest BCUT2D eigenvalue weighted by atomic mass is 9.72. The minimum Gasteiger partial charge on any atom is -0.530 e. The Kier molecular flexibility index (Phi) is 3.23. The first-order chi connectivity index (χ1) is 11.5. The van der Waals surface area contributed by atoms with Gasteiger partial charge in [-0.15, -0.1) is 0 Å². The van der Waals surface area contributed by atoms with Crippen LogP contribution in [-0.4, -0.2) is 28.9 Å². The lowest BCUT2D eigenvalue weighted by Crippen LogP contribution is -2.64. The summed E-state index contributed by atoms with van der Waals surface area (Å²) in [4.78, 5) is 25.9. The molecule has 1 atom stereocenters. The van der Waals surface area contributed by atoms with Crippen LogP contribution >= 0.6 is 0 Å². The van der Waals surface area contributed by atoms with Gasteiger partial charge in [0.25, 0.3) is 0 Å². The quantitative estimate of drug-likeness (QED) is 0.811. The van der Waals surface area contributed by atoms with Gasteiger partial charge in [-0.1, -0.05) is 48.5 Å². The SMILES string of the molecule is CC1(C2c3ccccc3-c3ccccc32)C(=O)CCCN1C(=O)[O-]. The number of carbonyl (C=O) groups is 2. The molecule has 0 radical (unpaired) electrons. The molecule has 24 heavy (non-hydrogen) atoms. The maximum Gasteiger partial charge on any atom is 0.159 e. The number of carboxylic acid groups (broad SMARTS) is 1. The van der Waals surface area contributed by atoms with Gasteiger partial charge in [0.1, 0.15) is 11.6 Å². The zero-order valence-electron chi connectivity index (χ0n) is 13.5. The summed E-state index contributed by atoms with van der Waals surface area (Å²) in [6, 6.07) is 15.9. The second-order valence-electron chi connectivity index (χ2n) is 6.70. The van der Waals surface area contributed by atoms with Crippen LogP contribution in [0.3, 0.4) is 0 Å². The molecule has 1 heterocycles. The Bertz CT molecular complexity index is 799. The number of likely N-dealkylation sites (tertiary alicyclic amines) is 1. The van der Waals surface area contributed by atoms with Crippen LogP contribution in [0.25, 0.3) is 11.1 Å². The average molecular weight is 320 g/mol. The van der Waals surface area contributed by atoms with Crippen LogP contribution in [0, 0.1) is 0 Å². The van der Waals surface area contributed by atoms with Crippen LogP contribution in [0.5, 0.6) is 0 Å². The van der Waals surface area contributed by atoms with Crippen molar-refractivity contribution in [2.45, 2.75) is 31.2 Å². The van der Waals surface area contributed by atoms with Crippen LogP contribution in [0.1, 0.15) is 36.8 Å². The Morgan fingerprint density at radius 2 is 1.62 bits per heavy atom. The highest BCUT2D eigenvalue weighted by molar-refractivity contribution is 5.96. The van der Waals surface area contributed by atoms with Crippen molar-refractivity contribution in [3.63, 3.8) is 0 Å². The largest absolute Gasteiger partial charge is 0.530 e. The van der Waals surface area contributed by atoms with E-state index in [0.717, 1.165) is 22.3 Å². The summed E-state index contributed by atoms with van der Waals surface area (Å²) in [5.41, 5.74) is 3.07. The second-order valence-corrected chi connectivity index (χ2v) is 6.70. The zero-order valence-corrected chi connectivity index (χ0v) is 13.5. The number of piperidine rings is 1. The Balaban J connectivity index is 1.97. The number of rotatable bonds is 1. The van der Waals surface area contributed by atoms with Gasteiger partial charge in [-0.3, -0.25) is 4.79 Å². The van der Waals surface area contributed by atoms with Crippen molar-refractivity contribution in [1.82, 2.24) is 4.90 Å². The van der Waals surface area contributed by atoms with Gasteiger partial charge in [-0.25, -0.2) is 0 Å². The Labute approximate surface area is 140 Å². The predicted octanol–water partition coefficient (Wildman–Crippen LogP) is 2.57. The third kappa shape index (κ3) is 1.86. The first kappa shape index (κ1) is 14.9. The first-order valence-electron chi connectivity index (χ1n) is 8.25. The van der Waals surface area contributed by atoms with Crippen molar-refractivity contribution in [1.29, 1.82) is 0 Å². The molecule has 0 aromatic heterocycles. The Hall–Kier alpha value is -2.62. The maximum absolute atomic E-state index is 12.9. The lowest BCUT2D eigenvalue weighted by Gasteiger charge is -2.49. The molecule has 1 amide bonds. The maximum atomic E-state index is 12.9. The number of nitrogens with zero attached hydrogens (tertiary/aromatic N) is 1.